The Hall–Kier alpha value is 0.134. The predicted molar refractivity (Wildman–Crippen MR) is 63.9 cm³/mol. The van der Waals surface area contributed by atoms with E-state index in [1.54, 1.807) is 0 Å². The molecule has 1 nitrogen and oxygen atoms in total. The van der Waals surface area contributed by atoms with E-state index in [1.165, 1.54) is 12.3 Å². The van der Waals surface area contributed by atoms with Gasteiger partial charge < -0.3 is 5.32 Å². The van der Waals surface area contributed by atoms with Gasteiger partial charge in [0, 0.05) is 0 Å². The highest BCUT2D eigenvalue weighted by Gasteiger charge is 2.17. The molecular formula is C9H23NSi2. The monoisotopic (exact) mass is 201 g/mol. The predicted octanol–water partition coefficient (Wildman–Crippen LogP) is 2.43. The molecule has 3 heteroatoms. The average Bonchev–Trinajstić information content (AvgIpc) is 1.84. The summed E-state index contributed by atoms with van der Waals surface area (Å²) < 4.78 is 0. The molecule has 0 aliphatic rings. The lowest BCUT2D eigenvalue weighted by molar-refractivity contribution is 0.890. The van der Waals surface area contributed by atoms with Gasteiger partial charge >= 0.3 is 0 Å². The summed E-state index contributed by atoms with van der Waals surface area (Å²) >= 11 is 0. The number of hydrogen-bond acceptors (Lipinski definition) is 1. The first kappa shape index (κ1) is 12.1. The maximum absolute atomic E-state index is 3.88. The second kappa shape index (κ2) is 4.39. The fraction of sp³-hybridized carbons (Fsp3) is 0.778. The number of nitrogens with one attached hydrogen (secondary N) is 1. The zero-order valence-corrected chi connectivity index (χ0v) is 11.2. The van der Waals surface area contributed by atoms with Crippen LogP contribution in [0.15, 0.2) is 12.3 Å². The van der Waals surface area contributed by atoms with E-state index in [9.17, 15) is 0 Å². The van der Waals surface area contributed by atoms with Crippen LogP contribution in [0.4, 0.5) is 0 Å². The van der Waals surface area contributed by atoms with E-state index in [0.29, 0.717) is 0 Å². The summed E-state index contributed by atoms with van der Waals surface area (Å²) in [7, 11) is -1.99. The van der Waals surface area contributed by atoms with E-state index in [0.717, 1.165) is 0 Å². The molecule has 72 valence electrons. The van der Waals surface area contributed by atoms with Crippen molar-refractivity contribution in [2.24, 2.45) is 0 Å². The van der Waals surface area contributed by atoms with Crippen LogP contribution in [0, 0.1) is 0 Å². The maximum Gasteiger partial charge on any atom is 0.0851 e. The molecule has 0 aromatic rings. The molecule has 0 aromatic carbocycles. The molecule has 0 aliphatic carbocycles. The molecule has 0 fully saturated rings. The van der Waals surface area contributed by atoms with Gasteiger partial charge in [0.25, 0.3) is 0 Å². The lowest BCUT2D eigenvalue weighted by Crippen LogP contribution is -2.44. The molecule has 0 saturated heterocycles. The maximum atomic E-state index is 3.88. The second-order valence-electron chi connectivity index (χ2n) is 5.36. The highest BCUT2D eigenvalue weighted by Crippen LogP contribution is 2.02. The zero-order chi connectivity index (χ0) is 9.83. The van der Waals surface area contributed by atoms with Gasteiger partial charge in [-0.05, 0) is 12.3 Å². The number of hydrogen-bond donors (Lipinski definition) is 1. The highest BCUT2D eigenvalue weighted by atomic mass is 28.3. The minimum atomic E-state index is -1.10. The van der Waals surface area contributed by atoms with E-state index >= 15 is 0 Å². The summed E-state index contributed by atoms with van der Waals surface area (Å²) in [6.07, 6.45) is 2.41. The minimum Gasteiger partial charge on any atom is -0.322 e. The topological polar surface area (TPSA) is 12.0 Å². The van der Waals surface area contributed by atoms with Gasteiger partial charge in [-0.15, -0.1) is 12.3 Å². The molecular weight excluding hydrogens is 178 g/mol. The van der Waals surface area contributed by atoms with Gasteiger partial charge in [-0.3, -0.25) is 0 Å². The Morgan fingerprint density at radius 2 is 1.58 bits per heavy atom. The summed E-state index contributed by atoms with van der Waals surface area (Å²) in [6.45, 7) is 15.7. The van der Waals surface area contributed by atoms with Crippen LogP contribution < -0.4 is 5.32 Å². The minimum absolute atomic E-state index is 0.893. The van der Waals surface area contributed by atoms with Crippen LogP contribution >= 0.6 is 0 Å². The molecule has 1 N–H and O–H groups in total. The van der Waals surface area contributed by atoms with Crippen LogP contribution in [0.25, 0.3) is 0 Å². The summed E-state index contributed by atoms with van der Waals surface area (Å²) in [6, 6.07) is 0. The first-order valence-corrected chi connectivity index (χ1v) is 11.6. The van der Waals surface area contributed by atoms with Gasteiger partial charge in [0.2, 0.25) is 0 Å². The molecule has 0 rings (SSSR count). The first-order valence-electron chi connectivity index (χ1n) is 4.61. The lowest BCUT2D eigenvalue weighted by Gasteiger charge is -2.22. The van der Waals surface area contributed by atoms with Crippen molar-refractivity contribution in [1.29, 1.82) is 0 Å². The van der Waals surface area contributed by atoms with Crippen LogP contribution in [0.3, 0.4) is 0 Å². The fourth-order valence-corrected chi connectivity index (χ4v) is 2.87. The largest absolute Gasteiger partial charge is 0.322 e. The standard InChI is InChI=1S/C9H23NSi2/c1-7-12(5,6)9-10-8-11(2,3)4/h7,10H,1,8-9H2,2-6H3. The van der Waals surface area contributed by atoms with Gasteiger partial charge in [0.05, 0.1) is 16.1 Å². The molecule has 0 aromatic heterocycles. The SMILES string of the molecule is C=C[Si](C)(C)CNC[Si](C)(C)C. The first-order chi connectivity index (χ1) is 5.27. The van der Waals surface area contributed by atoms with Crippen LogP contribution in [-0.2, 0) is 0 Å². The van der Waals surface area contributed by atoms with Crippen molar-refractivity contribution in [3.05, 3.63) is 12.3 Å². The molecule has 0 saturated carbocycles. The van der Waals surface area contributed by atoms with Crippen molar-refractivity contribution in [3.8, 4) is 0 Å². The van der Waals surface area contributed by atoms with Crippen molar-refractivity contribution < 1.29 is 0 Å². The van der Waals surface area contributed by atoms with E-state index in [4.69, 9.17) is 0 Å². The molecule has 0 atom stereocenters. The van der Waals surface area contributed by atoms with Gasteiger partial charge in [-0.1, -0.05) is 32.7 Å². The van der Waals surface area contributed by atoms with Crippen molar-refractivity contribution in [2.75, 3.05) is 12.3 Å². The van der Waals surface area contributed by atoms with Crippen LogP contribution in [0.1, 0.15) is 0 Å². The molecule has 0 heterocycles. The molecule has 0 amide bonds. The Morgan fingerprint density at radius 1 is 1.08 bits per heavy atom. The second-order valence-corrected chi connectivity index (χ2v) is 15.6. The quantitative estimate of drug-likeness (QED) is 0.674. The van der Waals surface area contributed by atoms with Gasteiger partial charge in [0.15, 0.2) is 0 Å². The van der Waals surface area contributed by atoms with Gasteiger partial charge in [-0.25, -0.2) is 0 Å². The van der Waals surface area contributed by atoms with E-state index in [-0.39, 0.29) is 0 Å². The zero-order valence-electron chi connectivity index (χ0n) is 9.20. The highest BCUT2D eigenvalue weighted by molar-refractivity contribution is 6.82. The van der Waals surface area contributed by atoms with Crippen molar-refractivity contribution in [1.82, 2.24) is 5.32 Å². The van der Waals surface area contributed by atoms with E-state index in [1.807, 2.05) is 0 Å². The summed E-state index contributed by atoms with van der Waals surface area (Å²) in [4.78, 5) is 0. The van der Waals surface area contributed by atoms with Crippen LogP contribution in [0.2, 0.25) is 32.7 Å². The molecule has 0 unspecified atom stereocenters. The van der Waals surface area contributed by atoms with E-state index in [2.05, 4.69) is 50.3 Å². The third-order valence-corrected chi connectivity index (χ3v) is 5.37. The van der Waals surface area contributed by atoms with Crippen LogP contribution in [-0.4, -0.2) is 28.5 Å². The van der Waals surface area contributed by atoms with E-state index < -0.39 is 16.1 Å². The molecule has 0 radical (unpaired) electrons. The third-order valence-electron chi connectivity index (χ3n) is 1.79. The molecule has 0 spiro atoms. The normalized spacial score (nSPS) is 13.1. The number of rotatable bonds is 5. The summed E-state index contributed by atoms with van der Waals surface area (Å²) in [5.41, 5.74) is 2.16. The smallest absolute Gasteiger partial charge is 0.0851 e. The Kier molecular flexibility index (Phi) is 4.44. The lowest BCUT2D eigenvalue weighted by atomic mass is 11.2. The van der Waals surface area contributed by atoms with Crippen LogP contribution in [0.5, 0.6) is 0 Å². The van der Waals surface area contributed by atoms with Crippen molar-refractivity contribution >= 4 is 16.1 Å². The Morgan fingerprint density at radius 3 is 1.92 bits per heavy atom. The molecule has 0 bridgehead atoms. The average molecular weight is 201 g/mol. The Labute approximate surface area is 79.3 Å². The van der Waals surface area contributed by atoms with Crippen molar-refractivity contribution in [2.45, 2.75) is 32.7 Å². The van der Waals surface area contributed by atoms with Gasteiger partial charge in [-0.2, -0.15) is 0 Å². The molecule has 0 aliphatic heterocycles. The van der Waals surface area contributed by atoms with Crippen molar-refractivity contribution in [3.63, 3.8) is 0 Å². The summed E-state index contributed by atoms with van der Waals surface area (Å²) in [5.74, 6) is 0. The fourth-order valence-electron chi connectivity index (χ4n) is 0.832. The third kappa shape index (κ3) is 6.82. The van der Waals surface area contributed by atoms with Gasteiger partial charge in [0.1, 0.15) is 0 Å². The Balaban J connectivity index is 3.64. The Bertz CT molecular complexity index is 147. The summed E-state index contributed by atoms with van der Waals surface area (Å²) in [5, 5.41) is 3.57. The molecule has 12 heavy (non-hydrogen) atoms.